The highest BCUT2D eigenvalue weighted by Crippen LogP contribution is 2.15. The summed E-state index contributed by atoms with van der Waals surface area (Å²) in [6, 6.07) is 7.42. The fourth-order valence-corrected chi connectivity index (χ4v) is 2.84. The van der Waals surface area contributed by atoms with Crippen LogP contribution in [0.25, 0.3) is 5.95 Å². The number of carbonyl (C=O) groups is 1. The molecule has 3 aromatic rings. The molecule has 140 valence electrons. The predicted molar refractivity (Wildman–Crippen MR) is 99.6 cm³/mol. The topological polar surface area (TPSA) is 92.7 Å². The molecule has 1 aromatic carbocycles. The van der Waals surface area contributed by atoms with E-state index in [0.717, 1.165) is 0 Å². The van der Waals surface area contributed by atoms with Crippen LogP contribution >= 0.6 is 0 Å². The van der Waals surface area contributed by atoms with Crippen LogP contribution < -0.4 is 10.9 Å². The van der Waals surface area contributed by atoms with Crippen molar-refractivity contribution in [2.75, 3.05) is 5.32 Å². The lowest BCUT2D eigenvalue weighted by Gasteiger charge is -2.10. The SMILES string of the molecule is CCc1c(C)nc(-n2nc(C)cc2NC(=O)Cc2ccc(F)cc2)[nH]c1=O. The van der Waals surface area contributed by atoms with Crippen LogP contribution in [0, 0.1) is 19.7 Å². The normalized spacial score (nSPS) is 10.8. The summed E-state index contributed by atoms with van der Waals surface area (Å²) < 4.78 is 14.4. The summed E-state index contributed by atoms with van der Waals surface area (Å²) in [5.41, 5.74) is 2.35. The Morgan fingerprint density at radius 2 is 1.96 bits per heavy atom. The van der Waals surface area contributed by atoms with E-state index in [9.17, 15) is 14.0 Å². The lowest BCUT2D eigenvalue weighted by atomic mass is 10.1. The highest BCUT2D eigenvalue weighted by Gasteiger charge is 2.15. The predicted octanol–water partition coefficient (Wildman–Crippen LogP) is 2.46. The van der Waals surface area contributed by atoms with Crippen LogP contribution in [0.1, 0.15) is 29.4 Å². The number of anilines is 1. The number of hydrogen-bond donors (Lipinski definition) is 2. The average molecular weight is 369 g/mol. The number of aryl methyl sites for hydroxylation is 2. The van der Waals surface area contributed by atoms with Gasteiger partial charge in [-0.1, -0.05) is 19.1 Å². The lowest BCUT2D eigenvalue weighted by molar-refractivity contribution is -0.115. The van der Waals surface area contributed by atoms with Crippen LogP contribution in [0.5, 0.6) is 0 Å². The number of aromatic amines is 1. The van der Waals surface area contributed by atoms with Crippen molar-refractivity contribution >= 4 is 11.7 Å². The van der Waals surface area contributed by atoms with Gasteiger partial charge in [0.05, 0.1) is 12.1 Å². The zero-order valence-corrected chi connectivity index (χ0v) is 15.3. The van der Waals surface area contributed by atoms with Crippen LogP contribution in [-0.4, -0.2) is 25.7 Å². The van der Waals surface area contributed by atoms with Crippen LogP contribution in [0.4, 0.5) is 10.2 Å². The third-order valence-electron chi connectivity index (χ3n) is 4.14. The van der Waals surface area contributed by atoms with Crippen molar-refractivity contribution in [3.8, 4) is 5.95 Å². The quantitative estimate of drug-likeness (QED) is 0.722. The standard InChI is InChI=1S/C19H20FN5O2/c1-4-15-12(3)21-19(23-18(15)27)25-16(9-11(2)24-25)22-17(26)10-13-5-7-14(20)8-6-13/h5-9H,4,10H2,1-3H3,(H,22,26)(H,21,23,27). The van der Waals surface area contributed by atoms with Crippen LogP contribution in [0.15, 0.2) is 35.1 Å². The Labute approximate surface area is 155 Å². The van der Waals surface area contributed by atoms with Gasteiger partial charge in [-0.2, -0.15) is 9.78 Å². The van der Waals surface area contributed by atoms with Crippen molar-refractivity contribution < 1.29 is 9.18 Å². The van der Waals surface area contributed by atoms with Gasteiger partial charge in [-0.15, -0.1) is 0 Å². The summed E-state index contributed by atoms with van der Waals surface area (Å²) in [6.07, 6.45) is 0.663. The number of rotatable bonds is 5. The highest BCUT2D eigenvalue weighted by molar-refractivity contribution is 5.91. The molecule has 2 N–H and O–H groups in total. The second-order valence-electron chi connectivity index (χ2n) is 6.24. The molecule has 2 heterocycles. The molecular formula is C19H20FN5O2. The van der Waals surface area contributed by atoms with E-state index in [4.69, 9.17) is 0 Å². The van der Waals surface area contributed by atoms with Gasteiger partial charge in [0.2, 0.25) is 11.9 Å². The molecule has 0 spiro atoms. The van der Waals surface area contributed by atoms with Gasteiger partial charge in [0, 0.05) is 17.3 Å². The van der Waals surface area contributed by atoms with Crippen LogP contribution in [0.3, 0.4) is 0 Å². The largest absolute Gasteiger partial charge is 0.310 e. The van der Waals surface area contributed by atoms with Crippen molar-refractivity contribution in [2.24, 2.45) is 0 Å². The molecule has 0 fully saturated rings. The van der Waals surface area contributed by atoms with Gasteiger partial charge in [0.25, 0.3) is 5.56 Å². The number of aromatic nitrogens is 4. The first-order valence-electron chi connectivity index (χ1n) is 8.58. The summed E-state index contributed by atoms with van der Waals surface area (Å²) in [6.45, 7) is 5.43. The van der Waals surface area contributed by atoms with Crippen LogP contribution in [0.2, 0.25) is 0 Å². The molecule has 7 nitrogen and oxygen atoms in total. The second kappa shape index (κ2) is 7.53. The Bertz CT molecular complexity index is 1040. The molecule has 0 saturated heterocycles. The first-order chi connectivity index (χ1) is 12.9. The molecule has 2 aromatic heterocycles. The molecule has 0 radical (unpaired) electrons. The highest BCUT2D eigenvalue weighted by atomic mass is 19.1. The summed E-state index contributed by atoms with van der Waals surface area (Å²) in [4.78, 5) is 31.7. The van der Waals surface area contributed by atoms with Gasteiger partial charge >= 0.3 is 0 Å². The van der Waals surface area contributed by atoms with Gasteiger partial charge in [-0.3, -0.25) is 14.6 Å². The van der Waals surface area contributed by atoms with Gasteiger partial charge in [-0.05, 0) is 38.0 Å². The maximum Gasteiger partial charge on any atom is 0.255 e. The second-order valence-corrected chi connectivity index (χ2v) is 6.24. The fourth-order valence-electron chi connectivity index (χ4n) is 2.84. The molecule has 27 heavy (non-hydrogen) atoms. The van der Waals surface area contributed by atoms with Gasteiger partial charge in [0.1, 0.15) is 11.6 Å². The minimum atomic E-state index is -0.353. The maximum absolute atomic E-state index is 13.0. The number of carbonyl (C=O) groups excluding carboxylic acids is 1. The Morgan fingerprint density at radius 3 is 2.59 bits per heavy atom. The van der Waals surface area contributed by atoms with E-state index in [-0.39, 0.29) is 29.7 Å². The Balaban J connectivity index is 1.87. The molecule has 0 saturated carbocycles. The lowest BCUT2D eigenvalue weighted by Crippen LogP contribution is -2.22. The number of H-pyrrole nitrogens is 1. The maximum atomic E-state index is 13.0. The van der Waals surface area contributed by atoms with Crippen molar-refractivity contribution in [1.29, 1.82) is 0 Å². The molecule has 0 aliphatic carbocycles. The molecule has 0 atom stereocenters. The van der Waals surface area contributed by atoms with E-state index in [0.29, 0.717) is 34.8 Å². The summed E-state index contributed by atoms with van der Waals surface area (Å²) in [5, 5.41) is 7.08. The van der Waals surface area contributed by atoms with E-state index in [2.05, 4.69) is 20.4 Å². The number of nitrogens with zero attached hydrogens (tertiary/aromatic N) is 3. The molecule has 0 aliphatic rings. The number of halogens is 1. The monoisotopic (exact) mass is 369 g/mol. The number of amides is 1. The third kappa shape index (κ3) is 4.11. The minimum Gasteiger partial charge on any atom is -0.310 e. The molecule has 0 aliphatic heterocycles. The molecule has 1 amide bonds. The number of benzene rings is 1. The smallest absolute Gasteiger partial charge is 0.255 e. The average Bonchev–Trinajstić information content (AvgIpc) is 2.97. The van der Waals surface area contributed by atoms with Gasteiger partial charge in [-0.25, -0.2) is 9.37 Å². The zero-order valence-electron chi connectivity index (χ0n) is 15.3. The summed E-state index contributed by atoms with van der Waals surface area (Å²) in [7, 11) is 0. The first-order valence-corrected chi connectivity index (χ1v) is 8.58. The fraction of sp³-hybridized carbons (Fsp3) is 0.263. The molecule has 0 bridgehead atoms. The first kappa shape index (κ1) is 18.5. The van der Waals surface area contributed by atoms with E-state index >= 15 is 0 Å². The van der Waals surface area contributed by atoms with E-state index < -0.39 is 0 Å². The van der Waals surface area contributed by atoms with Crippen molar-refractivity contribution in [3.63, 3.8) is 0 Å². The third-order valence-corrected chi connectivity index (χ3v) is 4.14. The molecule has 0 unspecified atom stereocenters. The summed E-state index contributed by atoms with van der Waals surface area (Å²) >= 11 is 0. The van der Waals surface area contributed by atoms with Crippen molar-refractivity contribution in [3.05, 3.63) is 69.0 Å². The van der Waals surface area contributed by atoms with Crippen molar-refractivity contribution in [2.45, 2.75) is 33.6 Å². The summed E-state index contributed by atoms with van der Waals surface area (Å²) in [5.74, 6) is -0.00733. The Morgan fingerprint density at radius 1 is 1.26 bits per heavy atom. The zero-order chi connectivity index (χ0) is 19.6. The van der Waals surface area contributed by atoms with Crippen molar-refractivity contribution in [1.82, 2.24) is 19.7 Å². The van der Waals surface area contributed by atoms with E-state index in [1.165, 1.54) is 16.8 Å². The Kier molecular flexibility index (Phi) is 5.16. The number of hydrogen-bond acceptors (Lipinski definition) is 4. The Hall–Kier alpha value is -3.29. The molecule has 8 heteroatoms. The van der Waals surface area contributed by atoms with Gasteiger partial charge < -0.3 is 5.32 Å². The van der Waals surface area contributed by atoms with Gasteiger partial charge in [0.15, 0.2) is 0 Å². The molecular weight excluding hydrogens is 349 g/mol. The minimum absolute atomic E-state index is 0.0856. The molecule has 3 rings (SSSR count). The number of nitrogens with one attached hydrogen (secondary N) is 2. The van der Waals surface area contributed by atoms with E-state index in [1.807, 2.05) is 6.92 Å². The van der Waals surface area contributed by atoms with E-state index in [1.54, 1.807) is 32.0 Å². The van der Waals surface area contributed by atoms with Crippen LogP contribution in [-0.2, 0) is 17.6 Å².